The molecule has 0 atom stereocenters. The van der Waals surface area contributed by atoms with E-state index in [1.807, 2.05) is 0 Å². The molecule has 0 heterocycles. The Morgan fingerprint density at radius 1 is 0.955 bits per heavy atom. The van der Waals surface area contributed by atoms with Crippen LogP contribution in [0, 0.1) is 5.41 Å². The van der Waals surface area contributed by atoms with Gasteiger partial charge in [0.15, 0.2) is 0 Å². The Morgan fingerprint density at radius 2 is 1.45 bits per heavy atom. The van der Waals surface area contributed by atoms with Crippen molar-refractivity contribution in [1.82, 2.24) is 0 Å². The first-order valence-electron chi connectivity index (χ1n) is 9.85. The zero-order valence-electron chi connectivity index (χ0n) is 16.0. The summed E-state index contributed by atoms with van der Waals surface area (Å²) in [5.41, 5.74) is 0.487. The normalized spacial score (nSPS) is 18.1. The summed E-state index contributed by atoms with van der Waals surface area (Å²) in [5.74, 6) is 1.39. The van der Waals surface area contributed by atoms with Crippen LogP contribution in [0.5, 0.6) is 0 Å². The molecule has 0 saturated carbocycles. The fourth-order valence-corrected chi connectivity index (χ4v) is 17.1. The molecule has 0 aromatic carbocycles. The quantitative estimate of drug-likeness (QED) is 0.319. The van der Waals surface area contributed by atoms with Gasteiger partial charge in [0, 0.05) is 0 Å². The van der Waals surface area contributed by atoms with Gasteiger partial charge in [0.2, 0.25) is 0 Å². The van der Waals surface area contributed by atoms with E-state index in [4.69, 9.17) is 3.07 Å². The van der Waals surface area contributed by atoms with E-state index in [1.165, 1.54) is 76.9 Å². The van der Waals surface area contributed by atoms with E-state index in [1.54, 1.807) is 0 Å². The first-order valence-corrected chi connectivity index (χ1v) is 17.1. The van der Waals surface area contributed by atoms with Gasteiger partial charge in [0.25, 0.3) is 0 Å². The SMILES string of the molecule is CCC[CH2][Sn]([CH2]CCC)([CH2]CCC)[O]C1=CCC(C)(C)CC1. The van der Waals surface area contributed by atoms with Crippen LogP contribution < -0.4 is 0 Å². The van der Waals surface area contributed by atoms with E-state index in [0.717, 1.165) is 0 Å². The van der Waals surface area contributed by atoms with Gasteiger partial charge in [-0.25, -0.2) is 0 Å². The van der Waals surface area contributed by atoms with E-state index < -0.39 is 18.8 Å². The molecule has 0 aliphatic heterocycles. The topological polar surface area (TPSA) is 9.23 Å². The van der Waals surface area contributed by atoms with Crippen molar-refractivity contribution in [2.75, 3.05) is 0 Å². The molecule has 0 saturated heterocycles. The van der Waals surface area contributed by atoms with Crippen molar-refractivity contribution in [1.29, 1.82) is 0 Å². The van der Waals surface area contributed by atoms with Gasteiger partial charge in [0.05, 0.1) is 0 Å². The Hall–Kier alpha value is 0.339. The van der Waals surface area contributed by atoms with Crippen LogP contribution in [0.1, 0.15) is 92.4 Å². The molecule has 1 nitrogen and oxygen atoms in total. The van der Waals surface area contributed by atoms with Gasteiger partial charge in [-0.15, -0.1) is 0 Å². The maximum atomic E-state index is 6.95. The van der Waals surface area contributed by atoms with Crippen molar-refractivity contribution >= 4 is 18.8 Å². The monoisotopic (exact) mass is 416 g/mol. The molecular formula is C20H40OSn. The minimum absolute atomic E-state index is 0.487. The zero-order valence-corrected chi connectivity index (χ0v) is 18.8. The Labute approximate surface area is 144 Å². The average Bonchev–Trinajstić information content (AvgIpc) is 2.50. The molecule has 1 aliphatic carbocycles. The summed E-state index contributed by atoms with van der Waals surface area (Å²) < 4.78 is 11.3. The molecule has 0 radical (unpaired) electrons. The molecule has 0 N–H and O–H groups in total. The Bertz CT molecular complexity index is 311. The molecule has 0 bridgehead atoms. The molecule has 1 rings (SSSR count). The van der Waals surface area contributed by atoms with E-state index >= 15 is 0 Å². The second-order valence-electron chi connectivity index (χ2n) is 8.13. The van der Waals surface area contributed by atoms with Crippen LogP contribution in [0.25, 0.3) is 0 Å². The van der Waals surface area contributed by atoms with Crippen LogP contribution in [0.4, 0.5) is 0 Å². The van der Waals surface area contributed by atoms with Crippen LogP contribution in [0.3, 0.4) is 0 Å². The number of rotatable bonds is 11. The fourth-order valence-electron chi connectivity index (χ4n) is 3.45. The van der Waals surface area contributed by atoms with Crippen LogP contribution in [0.15, 0.2) is 11.8 Å². The van der Waals surface area contributed by atoms with E-state index in [0.29, 0.717) is 5.41 Å². The molecule has 0 aromatic heterocycles. The summed E-state index contributed by atoms with van der Waals surface area (Å²) in [7, 11) is 0. The average molecular weight is 415 g/mol. The summed E-state index contributed by atoms with van der Waals surface area (Å²) in [6.45, 7) is 11.8. The van der Waals surface area contributed by atoms with Crippen molar-refractivity contribution in [2.24, 2.45) is 5.41 Å². The minimum atomic E-state index is -2.42. The molecule has 0 unspecified atom stereocenters. The molecule has 2 heteroatoms. The Morgan fingerprint density at radius 3 is 1.82 bits per heavy atom. The van der Waals surface area contributed by atoms with E-state index in [-0.39, 0.29) is 0 Å². The van der Waals surface area contributed by atoms with Gasteiger partial charge in [-0.05, 0) is 0 Å². The molecule has 22 heavy (non-hydrogen) atoms. The van der Waals surface area contributed by atoms with Gasteiger partial charge < -0.3 is 0 Å². The molecular weight excluding hydrogens is 375 g/mol. The molecule has 0 aromatic rings. The summed E-state index contributed by atoms with van der Waals surface area (Å²) in [5, 5.41) is 0. The zero-order chi connectivity index (χ0) is 16.5. The predicted octanol–water partition coefficient (Wildman–Crippen LogP) is 7.44. The van der Waals surface area contributed by atoms with Gasteiger partial charge in [-0.1, -0.05) is 0 Å². The number of allylic oxidation sites excluding steroid dienone is 2. The predicted molar refractivity (Wildman–Crippen MR) is 102 cm³/mol. The number of hydrogen-bond donors (Lipinski definition) is 0. The van der Waals surface area contributed by atoms with Gasteiger partial charge in [-0.3, -0.25) is 0 Å². The number of hydrogen-bond acceptors (Lipinski definition) is 1. The van der Waals surface area contributed by atoms with Crippen LogP contribution in [-0.4, -0.2) is 18.8 Å². The standard InChI is InChI=1S/C8H14O.3C4H9.Sn/c1-8(2)5-3-7(9)4-6-8;3*1-3-4-2;/h3,9H,4-6H2,1-2H3;3*1,3-4H2,2H3;/q;;;;+1/p-1. The second-order valence-corrected chi connectivity index (χ2v) is 19.8. The van der Waals surface area contributed by atoms with Gasteiger partial charge in [-0.2, -0.15) is 0 Å². The third-order valence-electron chi connectivity index (χ3n) is 5.24. The van der Waals surface area contributed by atoms with E-state index in [9.17, 15) is 0 Å². The molecule has 0 spiro atoms. The van der Waals surface area contributed by atoms with Crippen LogP contribution in [0.2, 0.25) is 13.3 Å². The van der Waals surface area contributed by atoms with Crippen LogP contribution >= 0.6 is 0 Å². The third-order valence-corrected chi connectivity index (χ3v) is 18.0. The second kappa shape index (κ2) is 10.3. The third kappa shape index (κ3) is 7.27. The van der Waals surface area contributed by atoms with Crippen molar-refractivity contribution in [3.63, 3.8) is 0 Å². The van der Waals surface area contributed by atoms with E-state index in [2.05, 4.69) is 40.7 Å². The van der Waals surface area contributed by atoms with Gasteiger partial charge in [0.1, 0.15) is 0 Å². The molecule has 0 fully saturated rings. The summed E-state index contributed by atoms with van der Waals surface area (Å²) in [4.78, 5) is 0. The Balaban J connectivity index is 2.78. The first kappa shape index (κ1) is 20.4. The first-order chi connectivity index (χ1) is 10.5. The fraction of sp³-hybridized carbons (Fsp3) is 0.900. The van der Waals surface area contributed by atoms with Gasteiger partial charge >= 0.3 is 145 Å². The summed E-state index contributed by atoms with van der Waals surface area (Å²) >= 11 is -2.42. The van der Waals surface area contributed by atoms with Crippen molar-refractivity contribution in [2.45, 2.75) is 106 Å². The van der Waals surface area contributed by atoms with Crippen molar-refractivity contribution in [3.8, 4) is 0 Å². The maximum absolute atomic E-state index is 6.95. The molecule has 130 valence electrons. The molecule has 0 amide bonds. The number of unbranched alkanes of at least 4 members (excludes halogenated alkanes) is 3. The summed E-state index contributed by atoms with van der Waals surface area (Å²) in [6.07, 6.45) is 14.3. The Kier molecular flexibility index (Phi) is 9.50. The van der Waals surface area contributed by atoms with Crippen molar-refractivity contribution < 1.29 is 3.07 Å². The molecule has 1 aliphatic rings. The van der Waals surface area contributed by atoms with Crippen molar-refractivity contribution in [3.05, 3.63) is 11.8 Å². The van der Waals surface area contributed by atoms with Crippen LogP contribution in [-0.2, 0) is 3.07 Å². The summed E-state index contributed by atoms with van der Waals surface area (Å²) in [6, 6.07) is 0.